The van der Waals surface area contributed by atoms with Crippen LogP contribution in [0.3, 0.4) is 0 Å². The number of amides is 1. The minimum atomic E-state index is 0.177. The predicted octanol–water partition coefficient (Wildman–Crippen LogP) is 3.26. The van der Waals surface area contributed by atoms with Gasteiger partial charge in [0.1, 0.15) is 0 Å². The fraction of sp³-hybridized carbons (Fsp3) is 0.632. The summed E-state index contributed by atoms with van der Waals surface area (Å²) in [5, 5.41) is 0. The molecule has 1 heterocycles. The van der Waals surface area contributed by atoms with Crippen LogP contribution in [0, 0.1) is 0 Å². The Hall–Kier alpha value is -1.35. The third-order valence-electron chi connectivity index (χ3n) is 4.67. The van der Waals surface area contributed by atoms with Crippen molar-refractivity contribution in [2.24, 2.45) is 5.73 Å². The number of nitrogens with zero attached hydrogens (tertiary/aromatic N) is 1. The Balaban J connectivity index is 1.90. The van der Waals surface area contributed by atoms with Crippen LogP contribution in [0.4, 0.5) is 0 Å². The van der Waals surface area contributed by atoms with Crippen molar-refractivity contribution < 1.29 is 4.79 Å². The van der Waals surface area contributed by atoms with Crippen LogP contribution in [0.5, 0.6) is 0 Å². The summed E-state index contributed by atoms with van der Waals surface area (Å²) in [4.78, 5) is 14.4. The second-order valence-electron chi connectivity index (χ2n) is 7.42. The topological polar surface area (TPSA) is 46.3 Å². The lowest BCUT2D eigenvalue weighted by molar-refractivity contribution is -0.134. The Morgan fingerprint density at radius 2 is 1.91 bits per heavy atom. The molecule has 2 N–H and O–H groups in total. The van der Waals surface area contributed by atoms with Gasteiger partial charge in [0.15, 0.2) is 0 Å². The van der Waals surface area contributed by atoms with E-state index in [9.17, 15) is 4.79 Å². The van der Waals surface area contributed by atoms with E-state index in [0.29, 0.717) is 13.0 Å². The van der Waals surface area contributed by atoms with Crippen molar-refractivity contribution in [2.45, 2.75) is 64.3 Å². The first-order chi connectivity index (χ1) is 10.4. The van der Waals surface area contributed by atoms with Crippen molar-refractivity contribution in [1.29, 1.82) is 0 Å². The van der Waals surface area contributed by atoms with E-state index < -0.39 is 0 Å². The molecule has 1 aliphatic heterocycles. The van der Waals surface area contributed by atoms with Crippen molar-refractivity contribution in [3.8, 4) is 0 Å². The number of benzene rings is 1. The molecule has 2 rings (SSSR count). The minimum Gasteiger partial charge on any atom is -0.338 e. The number of carbonyl (C=O) groups is 1. The number of aryl methyl sites for hydroxylation is 1. The number of likely N-dealkylation sites (tertiary alicyclic amines) is 1. The first-order valence-corrected chi connectivity index (χ1v) is 8.51. The van der Waals surface area contributed by atoms with Crippen LogP contribution in [0.15, 0.2) is 24.3 Å². The predicted molar refractivity (Wildman–Crippen MR) is 91.9 cm³/mol. The van der Waals surface area contributed by atoms with E-state index in [2.05, 4.69) is 45.0 Å². The van der Waals surface area contributed by atoms with Gasteiger partial charge in [0.05, 0.1) is 0 Å². The van der Waals surface area contributed by atoms with Crippen molar-refractivity contribution >= 4 is 5.91 Å². The number of hydrogen-bond acceptors (Lipinski definition) is 2. The van der Waals surface area contributed by atoms with Gasteiger partial charge in [0.25, 0.3) is 0 Å². The SMILES string of the molecule is CC(C)(C)c1ccc(CCC(=O)N2CCCCC2CN)cc1. The second-order valence-corrected chi connectivity index (χ2v) is 7.42. The molecule has 1 aromatic rings. The Morgan fingerprint density at radius 3 is 2.50 bits per heavy atom. The molecule has 1 fully saturated rings. The van der Waals surface area contributed by atoms with Crippen molar-refractivity contribution in [3.63, 3.8) is 0 Å². The highest BCUT2D eigenvalue weighted by molar-refractivity contribution is 5.77. The zero-order valence-corrected chi connectivity index (χ0v) is 14.3. The van der Waals surface area contributed by atoms with Gasteiger partial charge in [-0.2, -0.15) is 0 Å². The summed E-state index contributed by atoms with van der Waals surface area (Å²) >= 11 is 0. The highest BCUT2D eigenvalue weighted by Crippen LogP contribution is 2.23. The van der Waals surface area contributed by atoms with Gasteiger partial charge in [-0.3, -0.25) is 4.79 Å². The molecular formula is C19H30N2O. The van der Waals surface area contributed by atoms with Gasteiger partial charge in [0, 0.05) is 25.6 Å². The molecular weight excluding hydrogens is 272 g/mol. The van der Waals surface area contributed by atoms with Crippen molar-refractivity contribution in [3.05, 3.63) is 35.4 Å². The molecule has 0 aliphatic carbocycles. The largest absolute Gasteiger partial charge is 0.338 e. The molecule has 122 valence electrons. The Bertz CT molecular complexity index is 487. The normalized spacial score (nSPS) is 19.3. The molecule has 0 spiro atoms. The molecule has 1 saturated heterocycles. The average Bonchev–Trinajstić information content (AvgIpc) is 2.52. The summed E-state index contributed by atoms with van der Waals surface area (Å²) in [5.74, 6) is 0.259. The monoisotopic (exact) mass is 302 g/mol. The molecule has 1 unspecified atom stereocenters. The molecule has 3 nitrogen and oxygen atoms in total. The second kappa shape index (κ2) is 7.28. The van der Waals surface area contributed by atoms with E-state index in [1.807, 2.05) is 4.90 Å². The molecule has 1 amide bonds. The Kier molecular flexibility index (Phi) is 5.63. The third-order valence-corrected chi connectivity index (χ3v) is 4.67. The van der Waals surface area contributed by atoms with Gasteiger partial charge in [-0.1, -0.05) is 45.0 Å². The number of piperidine rings is 1. The van der Waals surface area contributed by atoms with E-state index in [1.165, 1.54) is 17.5 Å². The first kappa shape index (κ1) is 17.0. The first-order valence-electron chi connectivity index (χ1n) is 8.51. The van der Waals surface area contributed by atoms with Crippen molar-refractivity contribution in [2.75, 3.05) is 13.1 Å². The molecule has 1 aliphatic rings. The van der Waals surface area contributed by atoms with E-state index in [0.717, 1.165) is 25.8 Å². The lowest BCUT2D eigenvalue weighted by Crippen LogP contribution is -2.47. The minimum absolute atomic E-state index is 0.177. The average molecular weight is 302 g/mol. The molecule has 3 heteroatoms. The number of nitrogens with two attached hydrogens (primary N) is 1. The van der Waals surface area contributed by atoms with Gasteiger partial charge in [-0.25, -0.2) is 0 Å². The van der Waals surface area contributed by atoms with Crippen LogP contribution in [0.2, 0.25) is 0 Å². The lowest BCUT2D eigenvalue weighted by atomic mass is 9.86. The fourth-order valence-corrected chi connectivity index (χ4v) is 3.14. The van der Waals surface area contributed by atoms with Gasteiger partial charge in [-0.05, 0) is 42.2 Å². The molecule has 0 saturated carbocycles. The summed E-state index contributed by atoms with van der Waals surface area (Å²) in [6.45, 7) is 8.12. The summed E-state index contributed by atoms with van der Waals surface area (Å²) in [6, 6.07) is 8.94. The lowest BCUT2D eigenvalue weighted by Gasteiger charge is -2.35. The quantitative estimate of drug-likeness (QED) is 0.928. The molecule has 0 radical (unpaired) electrons. The third kappa shape index (κ3) is 4.33. The Labute approximate surface area is 134 Å². The van der Waals surface area contributed by atoms with Crippen LogP contribution in [-0.4, -0.2) is 29.9 Å². The van der Waals surface area contributed by atoms with Gasteiger partial charge < -0.3 is 10.6 Å². The van der Waals surface area contributed by atoms with Crippen LogP contribution >= 0.6 is 0 Å². The fourth-order valence-electron chi connectivity index (χ4n) is 3.14. The molecule has 1 aromatic carbocycles. The van der Waals surface area contributed by atoms with Gasteiger partial charge >= 0.3 is 0 Å². The van der Waals surface area contributed by atoms with E-state index in [4.69, 9.17) is 5.73 Å². The highest BCUT2D eigenvalue weighted by Gasteiger charge is 2.25. The zero-order valence-electron chi connectivity index (χ0n) is 14.3. The van der Waals surface area contributed by atoms with Crippen LogP contribution in [0.1, 0.15) is 57.6 Å². The molecule has 0 aromatic heterocycles. The van der Waals surface area contributed by atoms with E-state index in [-0.39, 0.29) is 17.4 Å². The van der Waals surface area contributed by atoms with Crippen LogP contribution < -0.4 is 5.73 Å². The summed E-state index contributed by atoms with van der Waals surface area (Å²) in [5.41, 5.74) is 8.55. The summed E-state index contributed by atoms with van der Waals surface area (Å²) < 4.78 is 0. The number of hydrogen-bond donors (Lipinski definition) is 1. The zero-order chi connectivity index (χ0) is 16.2. The van der Waals surface area contributed by atoms with Gasteiger partial charge in [0.2, 0.25) is 5.91 Å². The summed E-state index contributed by atoms with van der Waals surface area (Å²) in [7, 11) is 0. The molecule has 22 heavy (non-hydrogen) atoms. The maximum absolute atomic E-state index is 12.4. The summed E-state index contributed by atoms with van der Waals surface area (Å²) in [6.07, 6.45) is 4.77. The van der Waals surface area contributed by atoms with E-state index >= 15 is 0 Å². The van der Waals surface area contributed by atoms with E-state index in [1.54, 1.807) is 0 Å². The smallest absolute Gasteiger partial charge is 0.223 e. The number of carbonyl (C=O) groups excluding carboxylic acids is 1. The van der Waals surface area contributed by atoms with Crippen LogP contribution in [-0.2, 0) is 16.6 Å². The van der Waals surface area contributed by atoms with Crippen LogP contribution in [0.25, 0.3) is 0 Å². The highest BCUT2D eigenvalue weighted by atomic mass is 16.2. The van der Waals surface area contributed by atoms with Crippen molar-refractivity contribution in [1.82, 2.24) is 4.90 Å². The standard InChI is InChI=1S/C19H30N2O/c1-19(2,3)16-10-7-15(8-11-16)9-12-18(22)21-13-5-4-6-17(21)14-20/h7-8,10-11,17H,4-6,9,12-14,20H2,1-3H3. The maximum atomic E-state index is 12.4. The maximum Gasteiger partial charge on any atom is 0.223 e. The van der Waals surface area contributed by atoms with Gasteiger partial charge in [-0.15, -0.1) is 0 Å². The Morgan fingerprint density at radius 1 is 1.23 bits per heavy atom. The molecule has 0 bridgehead atoms. The number of rotatable bonds is 4. The molecule has 1 atom stereocenters.